The molecule has 1 aliphatic carbocycles. The van der Waals surface area contributed by atoms with Gasteiger partial charge in [0.25, 0.3) is 0 Å². The van der Waals surface area contributed by atoms with Gasteiger partial charge in [0.1, 0.15) is 5.82 Å². The van der Waals surface area contributed by atoms with Crippen LogP contribution < -0.4 is 5.32 Å². The monoisotopic (exact) mass is 511 g/mol. The third-order valence-corrected chi connectivity index (χ3v) is 7.33. The van der Waals surface area contributed by atoms with Crippen molar-refractivity contribution in [2.24, 2.45) is 0 Å². The Morgan fingerprint density at radius 2 is 1.63 bits per heavy atom. The molecule has 0 spiro atoms. The minimum atomic E-state index is -0.872. The molecule has 3 aromatic carbocycles. The zero-order valence-corrected chi connectivity index (χ0v) is 21.0. The normalized spacial score (nSPS) is 17.2. The average Bonchev–Trinajstić information content (AvgIpc) is 2.92. The largest absolute Gasteiger partial charge is 0.481 e. The summed E-state index contributed by atoms with van der Waals surface area (Å²) in [6, 6.07) is 23.4. The number of nitrogens with zero attached hydrogens (tertiary/aromatic N) is 2. The Morgan fingerprint density at radius 1 is 0.921 bits per heavy atom. The predicted molar refractivity (Wildman–Crippen MR) is 145 cm³/mol. The molecule has 1 aromatic heterocycles. The molecule has 1 aliphatic rings. The van der Waals surface area contributed by atoms with Gasteiger partial charge in [0, 0.05) is 29.9 Å². The lowest BCUT2D eigenvalue weighted by Crippen LogP contribution is -2.44. The Kier molecular flexibility index (Phi) is 7.63. The fourth-order valence-electron chi connectivity index (χ4n) is 5.41. The third-order valence-electron chi connectivity index (χ3n) is 7.33. The van der Waals surface area contributed by atoms with E-state index in [0.717, 1.165) is 59.0 Å². The molecule has 38 heavy (non-hydrogen) atoms. The highest BCUT2D eigenvalue weighted by atomic mass is 19.1. The van der Waals surface area contributed by atoms with Crippen molar-refractivity contribution in [3.05, 3.63) is 108 Å². The number of carbonyl (C=O) groups excluding carboxylic acids is 1. The highest BCUT2D eigenvalue weighted by molar-refractivity contribution is 5.89. The van der Waals surface area contributed by atoms with Crippen LogP contribution in [-0.4, -0.2) is 33.0 Å². The van der Waals surface area contributed by atoms with Crippen molar-refractivity contribution in [2.75, 3.05) is 5.32 Å². The second kappa shape index (κ2) is 11.4. The van der Waals surface area contributed by atoms with Gasteiger partial charge in [-0.1, -0.05) is 42.5 Å². The molecule has 6 nitrogen and oxygen atoms in total. The number of carboxylic acids is 1. The summed E-state index contributed by atoms with van der Waals surface area (Å²) >= 11 is 0. The van der Waals surface area contributed by atoms with Crippen molar-refractivity contribution in [3.8, 4) is 0 Å². The van der Waals surface area contributed by atoms with Crippen LogP contribution in [0.1, 0.15) is 48.3 Å². The van der Waals surface area contributed by atoms with Crippen LogP contribution in [0.4, 0.5) is 14.9 Å². The van der Waals surface area contributed by atoms with E-state index in [2.05, 4.69) is 10.3 Å². The Hall–Kier alpha value is -4.26. The zero-order chi connectivity index (χ0) is 26.5. The van der Waals surface area contributed by atoms with Gasteiger partial charge in [-0.3, -0.25) is 9.78 Å². The first-order valence-corrected chi connectivity index (χ1v) is 12.9. The molecular formula is C31H30FN3O3. The van der Waals surface area contributed by atoms with Crippen molar-refractivity contribution in [1.82, 2.24) is 9.88 Å². The van der Waals surface area contributed by atoms with Gasteiger partial charge in [0.2, 0.25) is 0 Å². The maximum atomic E-state index is 14.0. The molecule has 0 aliphatic heterocycles. The lowest BCUT2D eigenvalue weighted by atomic mass is 9.80. The molecule has 2 amide bonds. The van der Waals surface area contributed by atoms with Crippen LogP contribution in [0, 0.1) is 5.82 Å². The molecule has 5 rings (SSSR count). The van der Waals surface area contributed by atoms with Gasteiger partial charge in [-0.05, 0) is 84.7 Å². The van der Waals surface area contributed by atoms with Crippen molar-refractivity contribution in [3.63, 3.8) is 0 Å². The van der Waals surface area contributed by atoms with Crippen molar-refractivity contribution >= 4 is 28.6 Å². The maximum Gasteiger partial charge on any atom is 0.322 e. The number of anilines is 1. The lowest BCUT2D eigenvalue weighted by Gasteiger charge is -2.37. The Bertz CT molecular complexity index is 1420. The predicted octanol–water partition coefficient (Wildman–Crippen LogP) is 6.76. The van der Waals surface area contributed by atoms with Gasteiger partial charge >= 0.3 is 12.0 Å². The molecule has 0 unspecified atom stereocenters. The summed E-state index contributed by atoms with van der Waals surface area (Å²) in [5.74, 6) is -0.866. The molecular weight excluding hydrogens is 481 g/mol. The van der Waals surface area contributed by atoms with E-state index in [4.69, 9.17) is 5.11 Å². The average molecular weight is 512 g/mol. The van der Waals surface area contributed by atoms with Gasteiger partial charge in [0.05, 0.1) is 11.9 Å². The number of pyridine rings is 1. The fourth-order valence-corrected chi connectivity index (χ4v) is 5.41. The van der Waals surface area contributed by atoms with Gasteiger partial charge in [-0.2, -0.15) is 0 Å². The number of benzene rings is 3. The molecule has 7 heteroatoms. The third kappa shape index (κ3) is 5.99. The lowest BCUT2D eigenvalue weighted by molar-refractivity contribution is -0.136. The Balaban J connectivity index is 1.34. The van der Waals surface area contributed by atoms with E-state index in [0.29, 0.717) is 6.54 Å². The van der Waals surface area contributed by atoms with E-state index < -0.39 is 5.97 Å². The highest BCUT2D eigenvalue weighted by Gasteiger charge is 2.30. The second-order valence-electron chi connectivity index (χ2n) is 9.88. The summed E-state index contributed by atoms with van der Waals surface area (Å²) in [7, 11) is 0. The van der Waals surface area contributed by atoms with Gasteiger partial charge in [0.15, 0.2) is 0 Å². The van der Waals surface area contributed by atoms with E-state index in [1.54, 1.807) is 30.5 Å². The number of hydrogen-bond acceptors (Lipinski definition) is 3. The minimum Gasteiger partial charge on any atom is -0.481 e. The van der Waals surface area contributed by atoms with Gasteiger partial charge in [-0.25, -0.2) is 9.18 Å². The number of hydrogen-bond donors (Lipinski definition) is 2. The summed E-state index contributed by atoms with van der Waals surface area (Å²) in [4.78, 5) is 30.8. The van der Waals surface area contributed by atoms with Gasteiger partial charge in [-0.15, -0.1) is 0 Å². The topological polar surface area (TPSA) is 82.5 Å². The summed E-state index contributed by atoms with van der Waals surface area (Å²) in [5.41, 5.74) is 4.31. The molecule has 4 aromatic rings. The Morgan fingerprint density at radius 3 is 2.34 bits per heavy atom. The number of nitrogens with one attached hydrogen (secondary N) is 1. The number of aliphatic carboxylic acids is 1. The van der Waals surface area contributed by atoms with Gasteiger partial charge < -0.3 is 15.3 Å². The smallest absolute Gasteiger partial charge is 0.322 e. The van der Waals surface area contributed by atoms with E-state index in [1.807, 2.05) is 53.4 Å². The molecule has 1 saturated carbocycles. The number of aromatic nitrogens is 1. The molecule has 1 heterocycles. The summed E-state index contributed by atoms with van der Waals surface area (Å²) < 4.78 is 14.0. The molecule has 194 valence electrons. The first-order chi connectivity index (χ1) is 18.5. The maximum absolute atomic E-state index is 14.0. The number of rotatable bonds is 7. The molecule has 1 fully saturated rings. The second-order valence-corrected chi connectivity index (χ2v) is 9.88. The minimum absolute atomic E-state index is 0.0317. The molecule has 0 bridgehead atoms. The summed E-state index contributed by atoms with van der Waals surface area (Å²) in [6.07, 6.45) is 5.16. The number of urea groups is 1. The number of fused-ring (bicyclic) bond motifs is 1. The number of amides is 2. The van der Waals surface area contributed by atoms with E-state index >= 15 is 0 Å². The van der Waals surface area contributed by atoms with Crippen molar-refractivity contribution < 1.29 is 19.1 Å². The number of para-hydroxylation sites is 1. The van der Waals surface area contributed by atoms with Crippen LogP contribution in [0.2, 0.25) is 0 Å². The molecule has 0 saturated heterocycles. The van der Waals surface area contributed by atoms with E-state index in [1.165, 1.54) is 6.07 Å². The number of carbonyl (C=O) groups is 2. The van der Waals surface area contributed by atoms with Crippen LogP contribution in [0.3, 0.4) is 0 Å². The first-order valence-electron chi connectivity index (χ1n) is 12.9. The van der Waals surface area contributed by atoms with E-state index in [-0.39, 0.29) is 30.2 Å². The van der Waals surface area contributed by atoms with Crippen molar-refractivity contribution in [2.45, 2.75) is 50.6 Å². The van der Waals surface area contributed by atoms with Crippen LogP contribution in [-0.2, 0) is 17.8 Å². The number of halogens is 1. The zero-order valence-electron chi connectivity index (χ0n) is 21.0. The number of carboxylic acid groups (broad SMARTS) is 1. The SMILES string of the molecule is O=C(O)Cc1ccc(CN(C(=O)Nc2ccccc2)[C@H]2CC[C@H](c3ccnc4ccc(F)cc43)CC2)cc1. The fraction of sp³-hybridized carbons (Fsp3) is 0.258. The quantitative estimate of drug-likeness (QED) is 0.287. The van der Waals surface area contributed by atoms with Crippen LogP contribution in [0.25, 0.3) is 10.9 Å². The van der Waals surface area contributed by atoms with Crippen LogP contribution >= 0.6 is 0 Å². The summed E-state index contributed by atoms with van der Waals surface area (Å²) in [5, 5.41) is 12.9. The van der Waals surface area contributed by atoms with Crippen LogP contribution in [0.15, 0.2) is 85.1 Å². The van der Waals surface area contributed by atoms with Crippen LogP contribution in [0.5, 0.6) is 0 Å². The summed E-state index contributed by atoms with van der Waals surface area (Å²) in [6.45, 7) is 0.421. The Labute approximate surface area is 221 Å². The molecule has 2 N–H and O–H groups in total. The standard InChI is InChI=1S/C31H30FN3O3/c32-24-12-15-29-28(19-24)27(16-17-33-29)23-10-13-26(14-11-23)35(31(38)34-25-4-2-1-3-5-25)20-22-8-6-21(7-9-22)18-30(36)37/h1-9,12,15-17,19,23,26H,10-11,13-14,18,20H2,(H,34,38)(H,36,37)/t23-,26-. The molecule has 0 radical (unpaired) electrons. The van der Waals surface area contributed by atoms with E-state index in [9.17, 15) is 14.0 Å². The first kappa shape index (κ1) is 25.4. The van der Waals surface area contributed by atoms with Crippen molar-refractivity contribution in [1.29, 1.82) is 0 Å². The molecule has 0 atom stereocenters. The highest BCUT2D eigenvalue weighted by Crippen LogP contribution is 2.38.